The second kappa shape index (κ2) is 7.45. The van der Waals surface area contributed by atoms with E-state index in [4.69, 9.17) is 5.26 Å². The van der Waals surface area contributed by atoms with Crippen LogP contribution in [-0.2, 0) is 0 Å². The van der Waals surface area contributed by atoms with Gasteiger partial charge in [-0.2, -0.15) is 5.26 Å². The van der Waals surface area contributed by atoms with Crippen LogP contribution in [0.15, 0.2) is 54.9 Å². The van der Waals surface area contributed by atoms with Crippen molar-refractivity contribution in [1.29, 1.82) is 5.26 Å². The van der Waals surface area contributed by atoms with Crippen molar-refractivity contribution in [3.05, 3.63) is 77.1 Å². The molecule has 0 aliphatic heterocycles. The number of hydrogen-bond acceptors (Lipinski definition) is 5. The molecule has 2 aromatic carbocycles. The van der Waals surface area contributed by atoms with Gasteiger partial charge in [0.2, 0.25) is 5.95 Å². The maximum Gasteiger partial charge on any atom is 0.258 e. The van der Waals surface area contributed by atoms with Gasteiger partial charge in [0.05, 0.1) is 17.2 Å². The van der Waals surface area contributed by atoms with Gasteiger partial charge in [0.25, 0.3) is 5.91 Å². The summed E-state index contributed by atoms with van der Waals surface area (Å²) < 4.78 is 0. The average Bonchev–Trinajstić information content (AvgIpc) is 2.66. The summed E-state index contributed by atoms with van der Waals surface area (Å²) in [6.07, 6.45) is 2.94. The van der Waals surface area contributed by atoms with Crippen LogP contribution >= 0.6 is 0 Å². The Morgan fingerprint density at radius 3 is 2.38 bits per heavy atom. The smallest absolute Gasteiger partial charge is 0.258 e. The van der Waals surface area contributed by atoms with E-state index in [0.29, 0.717) is 22.8 Å². The molecule has 3 rings (SSSR count). The summed E-state index contributed by atoms with van der Waals surface area (Å²) in [4.78, 5) is 20.7. The van der Waals surface area contributed by atoms with E-state index in [9.17, 15) is 4.79 Å². The highest BCUT2D eigenvalue weighted by Crippen LogP contribution is 2.20. The van der Waals surface area contributed by atoms with Crippen LogP contribution in [0.5, 0.6) is 0 Å². The van der Waals surface area contributed by atoms with Gasteiger partial charge in [0.15, 0.2) is 0 Å². The molecule has 0 radical (unpaired) electrons. The topological polar surface area (TPSA) is 90.7 Å². The number of anilines is 3. The van der Waals surface area contributed by atoms with Crippen molar-refractivity contribution < 1.29 is 4.79 Å². The molecule has 6 heteroatoms. The minimum Gasteiger partial charge on any atom is -0.324 e. The van der Waals surface area contributed by atoms with Crippen LogP contribution in [0.2, 0.25) is 0 Å². The molecule has 26 heavy (non-hydrogen) atoms. The first kappa shape index (κ1) is 17.1. The number of nitrogens with zero attached hydrogens (tertiary/aromatic N) is 3. The standard InChI is InChI=1S/C20H17N5O/c1-13-4-3-5-18(14(13)2)25-20-22-11-16(12-23-20)19(26)24-17-8-6-15(10-21)7-9-17/h3-9,11-12H,1-2H3,(H,24,26)(H,22,23,25). The molecule has 0 saturated heterocycles. The highest BCUT2D eigenvalue weighted by Gasteiger charge is 2.09. The van der Waals surface area contributed by atoms with E-state index in [0.717, 1.165) is 11.3 Å². The van der Waals surface area contributed by atoms with E-state index in [2.05, 4.69) is 20.6 Å². The van der Waals surface area contributed by atoms with E-state index in [-0.39, 0.29) is 5.91 Å². The first-order chi connectivity index (χ1) is 12.6. The van der Waals surface area contributed by atoms with Gasteiger partial charge in [-0.1, -0.05) is 12.1 Å². The molecule has 0 spiro atoms. The lowest BCUT2D eigenvalue weighted by Gasteiger charge is -2.10. The van der Waals surface area contributed by atoms with E-state index in [1.165, 1.54) is 18.0 Å². The van der Waals surface area contributed by atoms with Crippen LogP contribution in [0.25, 0.3) is 0 Å². The molecule has 0 bridgehead atoms. The minimum absolute atomic E-state index is 0.312. The molecular formula is C20H17N5O. The third-order valence-corrected chi connectivity index (χ3v) is 4.04. The van der Waals surface area contributed by atoms with Crippen molar-refractivity contribution in [2.24, 2.45) is 0 Å². The van der Waals surface area contributed by atoms with Gasteiger partial charge in [-0.3, -0.25) is 4.79 Å². The number of benzene rings is 2. The minimum atomic E-state index is -0.312. The fourth-order valence-corrected chi connectivity index (χ4v) is 2.35. The zero-order valence-electron chi connectivity index (χ0n) is 14.4. The number of carbonyl (C=O) groups is 1. The largest absolute Gasteiger partial charge is 0.324 e. The molecule has 1 amide bonds. The van der Waals surface area contributed by atoms with Crippen LogP contribution in [0.4, 0.5) is 17.3 Å². The second-order valence-electron chi connectivity index (χ2n) is 5.81. The number of aryl methyl sites for hydroxylation is 1. The van der Waals surface area contributed by atoms with E-state index in [1.54, 1.807) is 24.3 Å². The summed E-state index contributed by atoms with van der Waals surface area (Å²) in [5.74, 6) is 0.113. The van der Waals surface area contributed by atoms with Gasteiger partial charge >= 0.3 is 0 Å². The maximum atomic E-state index is 12.3. The Labute approximate surface area is 151 Å². The number of rotatable bonds is 4. The highest BCUT2D eigenvalue weighted by molar-refractivity contribution is 6.03. The summed E-state index contributed by atoms with van der Waals surface area (Å²) in [6, 6.07) is 14.6. The molecule has 2 N–H and O–H groups in total. The lowest BCUT2D eigenvalue weighted by Crippen LogP contribution is -2.13. The number of nitrogens with one attached hydrogen (secondary N) is 2. The maximum absolute atomic E-state index is 12.3. The van der Waals surface area contributed by atoms with Crippen molar-refractivity contribution in [2.75, 3.05) is 10.6 Å². The first-order valence-corrected chi connectivity index (χ1v) is 8.03. The molecule has 3 aromatic rings. The predicted molar refractivity (Wildman–Crippen MR) is 100 cm³/mol. The molecular weight excluding hydrogens is 326 g/mol. The third kappa shape index (κ3) is 3.84. The van der Waals surface area contributed by atoms with Crippen molar-refractivity contribution in [3.63, 3.8) is 0 Å². The molecule has 0 saturated carbocycles. The molecule has 6 nitrogen and oxygen atoms in total. The molecule has 1 heterocycles. The van der Waals surface area contributed by atoms with E-state index < -0.39 is 0 Å². The normalized spacial score (nSPS) is 10.0. The third-order valence-electron chi connectivity index (χ3n) is 4.04. The summed E-state index contributed by atoms with van der Waals surface area (Å²) in [5.41, 5.74) is 4.72. The fraction of sp³-hybridized carbons (Fsp3) is 0.100. The lowest BCUT2D eigenvalue weighted by atomic mass is 10.1. The number of carbonyl (C=O) groups excluding carboxylic acids is 1. The Balaban J connectivity index is 1.69. The Morgan fingerprint density at radius 2 is 1.73 bits per heavy atom. The molecule has 0 unspecified atom stereocenters. The van der Waals surface area contributed by atoms with Crippen LogP contribution in [0.3, 0.4) is 0 Å². The Bertz CT molecular complexity index is 973. The van der Waals surface area contributed by atoms with E-state index >= 15 is 0 Å². The Kier molecular flexibility index (Phi) is 4.90. The summed E-state index contributed by atoms with van der Waals surface area (Å²) in [6.45, 7) is 4.06. The predicted octanol–water partition coefficient (Wildman–Crippen LogP) is 3.96. The number of amides is 1. The van der Waals surface area contributed by atoms with Gasteiger partial charge < -0.3 is 10.6 Å². The highest BCUT2D eigenvalue weighted by atomic mass is 16.1. The van der Waals surface area contributed by atoms with Crippen LogP contribution in [0.1, 0.15) is 27.0 Å². The van der Waals surface area contributed by atoms with Crippen molar-refractivity contribution >= 4 is 23.2 Å². The SMILES string of the molecule is Cc1cccc(Nc2ncc(C(=O)Nc3ccc(C#N)cc3)cn2)c1C. The van der Waals surface area contributed by atoms with E-state index in [1.807, 2.05) is 38.1 Å². The fourth-order valence-electron chi connectivity index (χ4n) is 2.35. The molecule has 128 valence electrons. The number of hydrogen-bond donors (Lipinski definition) is 2. The summed E-state index contributed by atoms with van der Waals surface area (Å²) in [7, 11) is 0. The monoisotopic (exact) mass is 343 g/mol. The van der Waals surface area contributed by atoms with Crippen LogP contribution in [-0.4, -0.2) is 15.9 Å². The van der Waals surface area contributed by atoms with Gasteiger partial charge in [0.1, 0.15) is 0 Å². The van der Waals surface area contributed by atoms with Crippen LogP contribution < -0.4 is 10.6 Å². The average molecular weight is 343 g/mol. The van der Waals surface area contributed by atoms with Crippen molar-refractivity contribution in [1.82, 2.24) is 9.97 Å². The molecule has 0 aliphatic rings. The Morgan fingerprint density at radius 1 is 1.04 bits per heavy atom. The number of aromatic nitrogens is 2. The van der Waals surface area contributed by atoms with Gasteiger partial charge in [-0.25, -0.2) is 9.97 Å². The van der Waals surface area contributed by atoms with Gasteiger partial charge in [-0.15, -0.1) is 0 Å². The molecule has 0 aliphatic carbocycles. The van der Waals surface area contributed by atoms with Crippen molar-refractivity contribution in [2.45, 2.75) is 13.8 Å². The van der Waals surface area contributed by atoms with Crippen LogP contribution in [0, 0.1) is 25.2 Å². The van der Waals surface area contributed by atoms with Gasteiger partial charge in [-0.05, 0) is 55.3 Å². The first-order valence-electron chi connectivity index (χ1n) is 8.03. The van der Waals surface area contributed by atoms with Gasteiger partial charge in [0, 0.05) is 23.8 Å². The summed E-state index contributed by atoms with van der Waals surface area (Å²) >= 11 is 0. The van der Waals surface area contributed by atoms with Crippen molar-refractivity contribution in [3.8, 4) is 6.07 Å². The summed E-state index contributed by atoms with van der Waals surface area (Å²) in [5, 5.41) is 14.7. The Hall–Kier alpha value is -3.72. The number of nitriles is 1. The molecule has 0 fully saturated rings. The zero-order valence-corrected chi connectivity index (χ0v) is 14.4. The second-order valence-corrected chi connectivity index (χ2v) is 5.81. The molecule has 0 atom stereocenters. The zero-order chi connectivity index (χ0) is 18.5. The lowest BCUT2D eigenvalue weighted by molar-refractivity contribution is 0.102. The quantitative estimate of drug-likeness (QED) is 0.748. The molecule has 1 aromatic heterocycles.